The van der Waals surface area contributed by atoms with Gasteiger partial charge in [-0.2, -0.15) is 26.3 Å². The Morgan fingerprint density at radius 3 is 1.97 bits per heavy atom. The monoisotopic (exact) mass is 482 g/mol. The first kappa shape index (κ1) is 24.1. The maximum Gasteiger partial charge on any atom is 0.418 e. The van der Waals surface area contributed by atoms with Gasteiger partial charge in [0, 0.05) is 10.8 Å². The molecule has 0 bridgehead atoms. The van der Waals surface area contributed by atoms with E-state index in [1.807, 2.05) is 20.8 Å². The zero-order valence-corrected chi connectivity index (χ0v) is 19.3. The van der Waals surface area contributed by atoms with Crippen LogP contribution in [0.25, 0.3) is 22.1 Å². The number of hydrogen-bond donors (Lipinski definition) is 2. The molecule has 0 atom stereocenters. The summed E-state index contributed by atoms with van der Waals surface area (Å²) in [5, 5.41) is 0. The molecule has 182 valence electrons. The van der Waals surface area contributed by atoms with Crippen LogP contribution in [0, 0.1) is 0 Å². The minimum Gasteiger partial charge on any atom is -0.342 e. The summed E-state index contributed by atoms with van der Waals surface area (Å²) in [6.07, 6.45) is -8.93. The van der Waals surface area contributed by atoms with Crippen LogP contribution in [-0.4, -0.2) is 19.9 Å². The number of rotatable bonds is 3. The summed E-state index contributed by atoms with van der Waals surface area (Å²) in [5.74, 6) is 0.831. The number of H-pyrrole nitrogens is 2. The molecule has 0 saturated heterocycles. The maximum atomic E-state index is 13.9. The van der Waals surface area contributed by atoms with Crippen molar-refractivity contribution in [2.45, 2.75) is 64.2 Å². The molecule has 2 aromatic heterocycles. The van der Waals surface area contributed by atoms with Gasteiger partial charge in [0.2, 0.25) is 0 Å². The number of aromatic amines is 2. The number of benzene rings is 2. The lowest BCUT2D eigenvalue weighted by Gasteiger charge is -2.23. The minimum atomic E-state index is -4.60. The molecule has 2 aromatic carbocycles. The fourth-order valence-electron chi connectivity index (χ4n) is 3.95. The van der Waals surface area contributed by atoms with E-state index in [9.17, 15) is 26.3 Å². The number of imidazole rings is 2. The van der Waals surface area contributed by atoms with Gasteiger partial charge in [-0.1, -0.05) is 34.6 Å². The molecule has 4 aromatic rings. The van der Waals surface area contributed by atoms with E-state index in [4.69, 9.17) is 0 Å². The molecule has 0 aliphatic carbocycles. The number of halogens is 6. The van der Waals surface area contributed by atoms with E-state index in [-0.39, 0.29) is 23.0 Å². The second-order valence-corrected chi connectivity index (χ2v) is 10.2. The smallest absolute Gasteiger partial charge is 0.342 e. The Kier molecular flexibility index (Phi) is 5.30. The van der Waals surface area contributed by atoms with Crippen molar-refractivity contribution in [2.24, 2.45) is 0 Å². The van der Waals surface area contributed by atoms with Gasteiger partial charge in [-0.25, -0.2) is 9.97 Å². The molecular formula is C24H24F6N4. The second kappa shape index (κ2) is 7.48. The van der Waals surface area contributed by atoms with Crippen molar-refractivity contribution in [3.05, 3.63) is 58.7 Å². The van der Waals surface area contributed by atoms with Crippen LogP contribution < -0.4 is 0 Å². The predicted octanol–water partition coefficient (Wildman–Crippen LogP) is 7.29. The molecule has 4 nitrogen and oxygen atoms in total. The van der Waals surface area contributed by atoms with Crippen molar-refractivity contribution in [1.82, 2.24) is 19.9 Å². The van der Waals surface area contributed by atoms with Gasteiger partial charge >= 0.3 is 12.4 Å². The Balaban J connectivity index is 1.76. The van der Waals surface area contributed by atoms with Gasteiger partial charge in [0.1, 0.15) is 17.2 Å². The van der Waals surface area contributed by atoms with E-state index in [0.29, 0.717) is 22.7 Å². The molecule has 0 radical (unpaired) electrons. The van der Waals surface area contributed by atoms with Crippen molar-refractivity contribution in [1.29, 1.82) is 0 Å². The number of nitrogens with one attached hydrogen (secondary N) is 2. The molecule has 10 heteroatoms. The van der Waals surface area contributed by atoms with Crippen LogP contribution >= 0.6 is 0 Å². The third-order valence-electron chi connectivity index (χ3n) is 5.76. The number of alkyl halides is 6. The zero-order chi connectivity index (χ0) is 25.3. The Labute approximate surface area is 191 Å². The van der Waals surface area contributed by atoms with Crippen molar-refractivity contribution < 1.29 is 26.3 Å². The molecule has 4 rings (SSSR count). The van der Waals surface area contributed by atoms with Crippen LogP contribution in [0.3, 0.4) is 0 Å². The van der Waals surface area contributed by atoms with Crippen molar-refractivity contribution in [3.8, 4) is 0 Å². The highest BCUT2D eigenvalue weighted by Gasteiger charge is 2.36. The minimum absolute atomic E-state index is 0.137. The standard InChI is InChI=1S/C24H24F6N4/c1-21(2,3)19-33-17-9-12(8-14(18(17)34-19)24(28,29)30)11-22(4,5)20-31-15-7-6-13(23(25,26)27)10-16(15)32-20/h6-10H,11H2,1-5H3,(H,31,32)(H,33,34). The van der Waals surface area contributed by atoms with Gasteiger partial charge in [0.15, 0.2) is 0 Å². The van der Waals surface area contributed by atoms with Gasteiger partial charge in [0.25, 0.3) is 0 Å². The molecule has 0 aliphatic heterocycles. The van der Waals surface area contributed by atoms with E-state index in [0.717, 1.165) is 18.2 Å². The van der Waals surface area contributed by atoms with Gasteiger partial charge in [-0.3, -0.25) is 0 Å². The largest absolute Gasteiger partial charge is 0.418 e. The first-order valence-electron chi connectivity index (χ1n) is 10.6. The van der Waals surface area contributed by atoms with Crippen molar-refractivity contribution in [3.63, 3.8) is 0 Å². The van der Waals surface area contributed by atoms with Gasteiger partial charge in [-0.05, 0) is 42.3 Å². The Morgan fingerprint density at radius 1 is 0.735 bits per heavy atom. The molecule has 0 aliphatic rings. The lowest BCUT2D eigenvalue weighted by Crippen LogP contribution is -2.22. The van der Waals surface area contributed by atoms with Crippen LogP contribution in [0.1, 0.15) is 63.0 Å². The second-order valence-electron chi connectivity index (χ2n) is 10.2. The van der Waals surface area contributed by atoms with Crippen LogP contribution in [0.5, 0.6) is 0 Å². The first-order chi connectivity index (χ1) is 15.4. The molecule has 0 spiro atoms. The molecule has 0 fully saturated rings. The SMILES string of the molecule is CC(C)(C)c1nc2c(C(F)(F)F)cc(CC(C)(C)c3nc4cc(C(F)(F)F)ccc4[nH]3)cc2[nH]1. The van der Waals surface area contributed by atoms with Crippen LogP contribution in [-0.2, 0) is 29.6 Å². The lowest BCUT2D eigenvalue weighted by atomic mass is 9.84. The average Bonchev–Trinajstić information content (AvgIpc) is 3.29. The first-order valence-corrected chi connectivity index (χ1v) is 10.6. The van der Waals surface area contributed by atoms with Crippen molar-refractivity contribution in [2.75, 3.05) is 0 Å². The van der Waals surface area contributed by atoms with Gasteiger partial charge < -0.3 is 9.97 Å². The Hall–Kier alpha value is -3.04. The number of aromatic nitrogens is 4. The van der Waals surface area contributed by atoms with E-state index < -0.39 is 34.3 Å². The Morgan fingerprint density at radius 2 is 1.38 bits per heavy atom. The normalized spacial score (nSPS) is 13.9. The summed E-state index contributed by atoms with van der Waals surface area (Å²) in [5.41, 5.74) is -1.78. The summed E-state index contributed by atoms with van der Waals surface area (Å²) < 4.78 is 80.7. The summed E-state index contributed by atoms with van der Waals surface area (Å²) in [6, 6.07) is 5.95. The van der Waals surface area contributed by atoms with Gasteiger partial charge in [0.05, 0.1) is 27.7 Å². The predicted molar refractivity (Wildman–Crippen MR) is 118 cm³/mol. The van der Waals surface area contributed by atoms with E-state index >= 15 is 0 Å². The number of nitrogens with zero attached hydrogens (tertiary/aromatic N) is 2. The summed E-state index contributed by atoms with van der Waals surface area (Å²) in [6.45, 7) is 9.12. The third-order valence-corrected chi connectivity index (χ3v) is 5.76. The molecule has 2 heterocycles. The fourth-order valence-corrected chi connectivity index (χ4v) is 3.95. The van der Waals surface area contributed by atoms with Gasteiger partial charge in [-0.15, -0.1) is 0 Å². The third kappa shape index (κ3) is 4.50. The van der Waals surface area contributed by atoms with E-state index in [1.54, 1.807) is 19.9 Å². The van der Waals surface area contributed by atoms with Crippen LogP contribution in [0.2, 0.25) is 0 Å². The summed E-state index contributed by atoms with van der Waals surface area (Å²) in [4.78, 5) is 14.6. The highest BCUT2D eigenvalue weighted by molar-refractivity contribution is 5.81. The summed E-state index contributed by atoms with van der Waals surface area (Å²) in [7, 11) is 0. The summed E-state index contributed by atoms with van der Waals surface area (Å²) >= 11 is 0. The Bertz CT molecular complexity index is 1370. The van der Waals surface area contributed by atoms with Crippen molar-refractivity contribution >= 4 is 22.1 Å². The molecule has 0 unspecified atom stereocenters. The average molecular weight is 482 g/mol. The molecule has 0 amide bonds. The van der Waals surface area contributed by atoms with Crippen LogP contribution in [0.4, 0.5) is 26.3 Å². The molecule has 34 heavy (non-hydrogen) atoms. The van der Waals surface area contributed by atoms with E-state index in [2.05, 4.69) is 19.9 Å². The van der Waals surface area contributed by atoms with Crippen LogP contribution in [0.15, 0.2) is 30.3 Å². The molecular weight excluding hydrogens is 458 g/mol. The number of hydrogen-bond acceptors (Lipinski definition) is 2. The lowest BCUT2D eigenvalue weighted by molar-refractivity contribution is -0.138. The zero-order valence-electron chi connectivity index (χ0n) is 19.3. The number of fused-ring (bicyclic) bond motifs is 2. The fraction of sp³-hybridized carbons (Fsp3) is 0.417. The molecule has 2 N–H and O–H groups in total. The van der Waals surface area contributed by atoms with E-state index in [1.165, 1.54) is 6.07 Å². The maximum absolute atomic E-state index is 13.9. The molecule has 0 saturated carbocycles. The quantitative estimate of drug-likeness (QED) is 0.301. The topological polar surface area (TPSA) is 57.4 Å². The highest BCUT2D eigenvalue weighted by Crippen LogP contribution is 2.38. The highest BCUT2D eigenvalue weighted by atomic mass is 19.4.